The van der Waals surface area contributed by atoms with Gasteiger partial charge in [0.15, 0.2) is 5.76 Å². The van der Waals surface area contributed by atoms with Gasteiger partial charge in [-0.1, -0.05) is 37.2 Å². The zero-order valence-corrected chi connectivity index (χ0v) is 16.1. The fraction of sp³-hybridized carbons (Fsp3) is 0.278. The monoisotopic (exact) mass is 400 g/mol. The number of tetrazole rings is 1. The molecule has 2 amide bonds. The van der Waals surface area contributed by atoms with Crippen LogP contribution < -0.4 is 10.9 Å². The Balaban J connectivity index is 1.52. The van der Waals surface area contributed by atoms with Gasteiger partial charge in [0, 0.05) is 0 Å². The van der Waals surface area contributed by atoms with Crippen LogP contribution in [0, 0.1) is 0 Å². The lowest BCUT2D eigenvalue weighted by molar-refractivity contribution is -0.119. The molecule has 0 aliphatic rings. The smallest absolute Gasteiger partial charge is 0.305 e. The number of amides is 2. The number of aromatic nitrogens is 4. The van der Waals surface area contributed by atoms with Gasteiger partial charge in [-0.25, -0.2) is 0 Å². The van der Waals surface area contributed by atoms with Crippen LogP contribution in [0.15, 0.2) is 52.2 Å². The third-order valence-corrected chi connectivity index (χ3v) is 4.75. The summed E-state index contributed by atoms with van der Waals surface area (Å²) < 4.78 is 6.52. The highest BCUT2D eigenvalue weighted by Crippen LogP contribution is 2.18. The topological polar surface area (TPSA) is 115 Å². The molecule has 2 heterocycles. The van der Waals surface area contributed by atoms with Crippen LogP contribution in [-0.4, -0.2) is 37.8 Å². The summed E-state index contributed by atoms with van der Waals surface area (Å²) in [5, 5.41) is 12.1. The largest absolute Gasteiger partial charge is 0.459 e. The van der Waals surface area contributed by atoms with Gasteiger partial charge in [-0.2, -0.15) is 4.68 Å². The van der Waals surface area contributed by atoms with Crippen molar-refractivity contribution in [2.45, 2.75) is 31.3 Å². The van der Waals surface area contributed by atoms with Crippen LogP contribution in [-0.2, 0) is 11.2 Å². The van der Waals surface area contributed by atoms with E-state index in [-0.39, 0.29) is 11.5 Å². The molecule has 0 saturated carbocycles. The Morgan fingerprint density at radius 3 is 2.71 bits per heavy atom. The molecule has 0 bridgehead atoms. The number of unbranched alkanes of at least 4 members (excludes halogenated alkanes) is 1. The van der Waals surface area contributed by atoms with E-state index in [1.807, 2.05) is 12.1 Å². The molecule has 2 N–H and O–H groups in total. The molecule has 0 aliphatic carbocycles. The van der Waals surface area contributed by atoms with Crippen LogP contribution in [0.3, 0.4) is 0 Å². The predicted molar refractivity (Wildman–Crippen MR) is 103 cm³/mol. The molecular weight excluding hydrogens is 380 g/mol. The number of rotatable bonds is 8. The molecule has 3 aromatic rings. The van der Waals surface area contributed by atoms with Gasteiger partial charge in [-0.15, -0.1) is 5.10 Å². The van der Waals surface area contributed by atoms with Crippen LogP contribution in [0.1, 0.15) is 35.9 Å². The number of hydrazine groups is 1. The summed E-state index contributed by atoms with van der Waals surface area (Å²) >= 11 is 1.16. The summed E-state index contributed by atoms with van der Waals surface area (Å²) in [6.45, 7) is 2.16. The van der Waals surface area contributed by atoms with Gasteiger partial charge in [0.25, 0.3) is 0 Å². The van der Waals surface area contributed by atoms with Crippen molar-refractivity contribution in [1.29, 1.82) is 0 Å². The molecule has 0 atom stereocenters. The summed E-state index contributed by atoms with van der Waals surface area (Å²) in [5.74, 6) is -0.780. The van der Waals surface area contributed by atoms with Crippen LogP contribution in [0.4, 0.5) is 0 Å². The van der Waals surface area contributed by atoms with Crippen molar-refractivity contribution in [1.82, 2.24) is 31.1 Å². The third-order valence-electron chi connectivity index (χ3n) is 3.83. The minimum Gasteiger partial charge on any atom is -0.459 e. The van der Waals surface area contributed by atoms with Crippen LogP contribution in [0.25, 0.3) is 5.69 Å². The molecule has 9 nitrogen and oxygen atoms in total. The van der Waals surface area contributed by atoms with Crippen LogP contribution in [0.2, 0.25) is 0 Å². The van der Waals surface area contributed by atoms with Crippen molar-refractivity contribution in [3.8, 4) is 5.69 Å². The molecule has 10 heteroatoms. The summed E-state index contributed by atoms with van der Waals surface area (Å²) in [6, 6.07) is 11.1. The first-order valence-corrected chi connectivity index (χ1v) is 9.79. The highest BCUT2D eigenvalue weighted by Gasteiger charge is 2.13. The van der Waals surface area contributed by atoms with Crippen molar-refractivity contribution in [2.75, 3.05) is 5.75 Å². The lowest BCUT2D eigenvalue weighted by Crippen LogP contribution is -2.42. The minimum atomic E-state index is -0.531. The van der Waals surface area contributed by atoms with Gasteiger partial charge in [0.2, 0.25) is 11.1 Å². The van der Waals surface area contributed by atoms with Crippen LogP contribution in [0.5, 0.6) is 0 Å². The van der Waals surface area contributed by atoms with E-state index in [1.165, 1.54) is 17.9 Å². The average Bonchev–Trinajstić information content (AvgIpc) is 3.41. The van der Waals surface area contributed by atoms with E-state index >= 15 is 0 Å². The third kappa shape index (κ3) is 5.19. The van der Waals surface area contributed by atoms with Gasteiger partial charge in [0.05, 0.1) is 17.7 Å². The van der Waals surface area contributed by atoms with Crippen molar-refractivity contribution < 1.29 is 14.0 Å². The number of nitrogens with one attached hydrogen (secondary N) is 2. The highest BCUT2D eigenvalue weighted by molar-refractivity contribution is 7.99. The van der Waals surface area contributed by atoms with Crippen LogP contribution >= 0.6 is 11.8 Å². The Morgan fingerprint density at radius 1 is 1.18 bits per heavy atom. The zero-order valence-electron chi connectivity index (χ0n) is 15.3. The van der Waals surface area contributed by atoms with Crippen molar-refractivity contribution in [2.24, 2.45) is 0 Å². The number of benzene rings is 1. The van der Waals surface area contributed by atoms with E-state index < -0.39 is 11.8 Å². The number of hydrogen-bond acceptors (Lipinski definition) is 7. The average molecular weight is 400 g/mol. The maximum absolute atomic E-state index is 11.9. The van der Waals surface area contributed by atoms with Gasteiger partial charge >= 0.3 is 5.91 Å². The lowest BCUT2D eigenvalue weighted by Gasteiger charge is -2.07. The molecule has 1 aromatic carbocycles. The van der Waals surface area contributed by atoms with E-state index in [0.29, 0.717) is 5.16 Å². The van der Waals surface area contributed by atoms with E-state index in [0.717, 1.165) is 36.7 Å². The minimum absolute atomic E-state index is 0.0351. The second kappa shape index (κ2) is 9.70. The second-order valence-electron chi connectivity index (χ2n) is 5.91. The summed E-state index contributed by atoms with van der Waals surface area (Å²) in [4.78, 5) is 23.7. The Labute approximate surface area is 165 Å². The molecule has 0 radical (unpaired) electrons. The molecule has 146 valence electrons. The van der Waals surface area contributed by atoms with Gasteiger partial charge in [0.1, 0.15) is 0 Å². The Kier molecular flexibility index (Phi) is 6.79. The molecule has 28 heavy (non-hydrogen) atoms. The molecular formula is C18H20N6O3S. The SMILES string of the molecule is CCCCc1ccc(-n2nnnc2SCC(=O)NNC(=O)c2ccco2)cc1. The fourth-order valence-electron chi connectivity index (χ4n) is 2.38. The summed E-state index contributed by atoms with van der Waals surface area (Å²) in [7, 11) is 0. The molecule has 3 rings (SSSR count). The van der Waals surface area contributed by atoms with E-state index in [2.05, 4.69) is 45.4 Å². The van der Waals surface area contributed by atoms with Crippen molar-refractivity contribution >= 4 is 23.6 Å². The quantitative estimate of drug-likeness (QED) is 0.440. The van der Waals surface area contributed by atoms with E-state index in [9.17, 15) is 9.59 Å². The van der Waals surface area contributed by atoms with E-state index in [4.69, 9.17) is 4.42 Å². The predicted octanol–water partition coefficient (Wildman–Crippen LogP) is 2.15. The maximum Gasteiger partial charge on any atom is 0.305 e. The molecule has 0 saturated heterocycles. The zero-order chi connectivity index (χ0) is 19.8. The molecule has 2 aromatic heterocycles. The number of furan rings is 1. The molecule has 0 aliphatic heterocycles. The standard InChI is InChI=1S/C18H20N6O3S/c1-2-3-5-13-7-9-14(10-8-13)24-18(21-22-23-24)28-12-16(25)19-20-17(26)15-6-4-11-27-15/h4,6-11H,2-3,5,12H2,1H3,(H,19,25)(H,20,26). The molecule has 0 unspecified atom stereocenters. The highest BCUT2D eigenvalue weighted by atomic mass is 32.2. The maximum atomic E-state index is 11.9. The van der Waals surface area contributed by atoms with E-state index in [1.54, 1.807) is 10.7 Å². The summed E-state index contributed by atoms with van der Waals surface area (Å²) in [6.07, 6.45) is 4.72. The number of aryl methyl sites for hydroxylation is 1. The molecule has 0 spiro atoms. The number of thioether (sulfide) groups is 1. The number of hydrogen-bond donors (Lipinski definition) is 2. The van der Waals surface area contributed by atoms with Gasteiger partial charge < -0.3 is 4.42 Å². The Morgan fingerprint density at radius 2 is 2.00 bits per heavy atom. The summed E-state index contributed by atoms with van der Waals surface area (Å²) in [5.41, 5.74) is 6.68. The Bertz CT molecular complexity index is 908. The second-order valence-corrected chi connectivity index (χ2v) is 6.85. The Hall–Kier alpha value is -3.14. The molecule has 0 fully saturated rings. The van der Waals surface area contributed by atoms with Gasteiger partial charge in [-0.05, 0) is 53.1 Å². The first-order valence-electron chi connectivity index (χ1n) is 8.80. The first kappa shape index (κ1) is 19.6. The van der Waals surface area contributed by atoms with Crippen molar-refractivity contribution in [3.63, 3.8) is 0 Å². The van der Waals surface area contributed by atoms with Gasteiger partial charge in [-0.3, -0.25) is 20.4 Å². The first-order chi connectivity index (χ1) is 13.7. The lowest BCUT2D eigenvalue weighted by atomic mass is 10.1. The number of nitrogens with zero attached hydrogens (tertiary/aromatic N) is 4. The normalized spacial score (nSPS) is 10.6. The van der Waals surface area contributed by atoms with Crippen molar-refractivity contribution in [3.05, 3.63) is 54.0 Å². The number of carbonyl (C=O) groups excluding carboxylic acids is 2. The fourth-order valence-corrected chi connectivity index (χ4v) is 3.07. The number of carbonyl (C=O) groups is 2.